The first-order valence-electron chi connectivity index (χ1n) is 6.68. The second-order valence-electron chi connectivity index (χ2n) is 4.73. The first kappa shape index (κ1) is 16.2. The van der Waals surface area contributed by atoms with E-state index in [1.165, 1.54) is 16.9 Å². The predicted molar refractivity (Wildman–Crippen MR) is 81.5 cm³/mol. The van der Waals surface area contributed by atoms with Gasteiger partial charge in [0.15, 0.2) is 0 Å². The van der Waals surface area contributed by atoms with Gasteiger partial charge < -0.3 is 10.4 Å². The molecule has 0 atom stereocenters. The summed E-state index contributed by atoms with van der Waals surface area (Å²) >= 11 is 3.39. The van der Waals surface area contributed by atoms with Crippen molar-refractivity contribution in [3.8, 4) is 0 Å². The number of carboxylic acid groups (broad SMARTS) is 1. The summed E-state index contributed by atoms with van der Waals surface area (Å²) in [5, 5.41) is 19.6. The topological polar surface area (TPSA) is 102 Å². The Morgan fingerprint density at radius 3 is 2.77 bits per heavy atom. The smallest absolute Gasteiger partial charge is 0.325 e. The van der Waals surface area contributed by atoms with Gasteiger partial charge in [0.2, 0.25) is 0 Å². The van der Waals surface area contributed by atoms with Crippen molar-refractivity contribution < 1.29 is 14.7 Å². The Bertz CT molecular complexity index is 660. The summed E-state index contributed by atoms with van der Waals surface area (Å²) in [7, 11) is 0. The van der Waals surface area contributed by atoms with Crippen molar-refractivity contribution in [1.82, 2.24) is 24.9 Å². The van der Waals surface area contributed by atoms with Crippen molar-refractivity contribution in [3.63, 3.8) is 0 Å². The average Bonchev–Trinajstić information content (AvgIpc) is 3.02. The molecule has 0 aliphatic heterocycles. The minimum atomic E-state index is -1.00. The van der Waals surface area contributed by atoms with E-state index in [1.54, 1.807) is 0 Å². The molecule has 0 unspecified atom stereocenters. The zero-order chi connectivity index (χ0) is 16.1. The van der Waals surface area contributed by atoms with Crippen molar-refractivity contribution in [1.29, 1.82) is 0 Å². The van der Waals surface area contributed by atoms with Gasteiger partial charge in [0.1, 0.15) is 12.2 Å². The van der Waals surface area contributed by atoms with Gasteiger partial charge in [-0.2, -0.15) is 10.2 Å². The fourth-order valence-corrected chi connectivity index (χ4v) is 2.17. The second-order valence-corrected chi connectivity index (χ2v) is 5.58. The number of rotatable bonds is 7. The van der Waals surface area contributed by atoms with Crippen molar-refractivity contribution >= 4 is 27.8 Å². The summed E-state index contributed by atoms with van der Waals surface area (Å²) in [6, 6.07) is 1.49. The van der Waals surface area contributed by atoms with E-state index in [9.17, 15) is 9.59 Å². The van der Waals surface area contributed by atoms with Crippen LogP contribution >= 0.6 is 15.9 Å². The number of halogens is 1. The Morgan fingerprint density at radius 1 is 1.36 bits per heavy atom. The van der Waals surface area contributed by atoms with Crippen LogP contribution < -0.4 is 5.32 Å². The number of hydrogen-bond acceptors (Lipinski definition) is 4. The molecule has 0 bridgehead atoms. The number of carbonyl (C=O) groups excluding carboxylic acids is 1. The number of nitrogens with one attached hydrogen (secondary N) is 1. The van der Waals surface area contributed by atoms with Gasteiger partial charge in [-0.05, 0) is 35.3 Å². The Labute approximate surface area is 135 Å². The van der Waals surface area contributed by atoms with E-state index in [1.807, 2.05) is 17.8 Å². The summed E-state index contributed by atoms with van der Waals surface area (Å²) in [5.74, 6) is -1.32. The number of carbonyl (C=O) groups is 2. The predicted octanol–water partition coefficient (Wildman–Crippen LogP) is 1.06. The maximum absolute atomic E-state index is 11.8. The standard InChI is InChI=1S/C13H16BrN5O3/c1-9-10(14)7-18(16-9)5-2-4-15-13(22)11-3-6-19(17-11)8-12(20)21/h3,6-7H,2,4-5,8H2,1H3,(H,15,22)(H,20,21). The number of amides is 1. The SMILES string of the molecule is Cc1nn(CCCNC(=O)c2ccn(CC(=O)O)n2)cc1Br. The third kappa shape index (κ3) is 4.42. The molecule has 2 aromatic heterocycles. The molecule has 0 spiro atoms. The van der Waals surface area contributed by atoms with Crippen LogP contribution in [0.2, 0.25) is 0 Å². The van der Waals surface area contributed by atoms with E-state index >= 15 is 0 Å². The highest BCUT2D eigenvalue weighted by molar-refractivity contribution is 9.10. The molecule has 2 aromatic rings. The van der Waals surface area contributed by atoms with Gasteiger partial charge in [0.25, 0.3) is 5.91 Å². The Balaban J connectivity index is 1.75. The first-order valence-corrected chi connectivity index (χ1v) is 7.48. The maximum atomic E-state index is 11.8. The molecule has 22 heavy (non-hydrogen) atoms. The first-order chi connectivity index (χ1) is 10.5. The molecular weight excluding hydrogens is 354 g/mol. The molecule has 2 rings (SSSR count). The van der Waals surface area contributed by atoms with E-state index in [-0.39, 0.29) is 18.1 Å². The Morgan fingerprint density at radius 2 is 2.14 bits per heavy atom. The monoisotopic (exact) mass is 369 g/mol. The number of aryl methyl sites for hydroxylation is 2. The van der Waals surface area contributed by atoms with Gasteiger partial charge >= 0.3 is 5.97 Å². The molecule has 0 aliphatic carbocycles. The highest BCUT2D eigenvalue weighted by Crippen LogP contribution is 2.13. The average molecular weight is 370 g/mol. The zero-order valence-electron chi connectivity index (χ0n) is 12.0. The second kappa shape index (κ2) is 7.21. The largest absolute Gasteiger partial charge is 0.480 e. The lowest BCUT2D eigenvalue weighted by Crippen LogP contribution is -2.26. The van der Waals surface area contributed by atoms with Crippen LogP contribution in [0.5, 0.6) is 0 Å². The van der Waals surface area contributed by atoms with Crippen LogP contribution in [0.1, 0.15) is 22.6 Å². The van der Waals surface area contributed by atoms with Crippen molar-refractivity contribution in [2.45, 2.75) is 26.4 Å². The molecule has 2 heterocycles. The highest BCUT2D eigenvalue weighted by Gasteiger charge is 2.10. The molecule has 118 valence electrons. The zero-order valence-corrected chi connectivity index (χ0v) is 13.6. The summed E-state index contributed by atoms with van der Waals surface area (Å²) in [4.78, 5) is 22.4. The van der Waals surface area contributed by atoms with Crippen molar-refractivity contribution in [2.75, 3.05) is 6.54 Å². The van der Waals surface area contributed by atoms with Gasteiger partial charge in [0.05, 0.1) is 10.2 Å². The van der Waals surface area contributed by atoms with Crippen molar-refractivity contribution in [3.05, 3.63) is 34.3 Å². The van der Waals surface area contributed by atoms with Crippen LogP contribution in [0.15, 0.2) is 22.9 Å². The van der Waals surface area contributed by atoms with E-state index in [0.29, 0.717) is 13.1 Å². The molecule has 0 aromatic carbocycles. The lowest BCUT2D eigenvalue weighted by Gasteiger charge is -2.03. The number of aliphatic carboxylic acids is 1. The van der Waals surface area contributed by atoms with Crippen molar-refractivity contribution in [2.24, 2.45) is 0 Å². The summed E-state index contributed by atoms with van der Waals surface area (Å²) < 4.78 is 3.98. The fourth-order valence-electron chi connectivity index (χ4n) is 1.85. The molecule has 9 heteroatoms. The maximum Gasteiger partial charge on any atom is 0.325 e. The normalized spacial score (nSPS) is 10.6. The van der Waals surface area contributed by atoms with Crippen LogP contribution in [-0.2, 0) is 17.9 Å². The third-order valence-corrected chi connectivity index (χ3v) is 3.69. The molecule has 1 amide bonds. The van der Waals surface area contributed by atoms with E-state index in [4.69, 9.17) is 5.11 Å². The summed E-state index contributed by atoms with van der Waals surface area (Å²) in [6.07, 6.45) is 4.09. The van der Waals surface area contributed by atoms with Gasteiger partial charge in [-0.3, -0.25) is 19.0 Å². The molecule has 0 fully saturated rings. The number of carboxylic acids is 1. The molecule has 0 saturated heterocycles. The van der Waals surface area contributed by atoms with Crippen LogP contribution in [0.4, 0.5) is 0 Å². The molecule has 0 saturated carbocycles. The lowest BCUT2D eigenvalue weighted by atomic mass is 10.3. The Hall–Kier alpha value is -2.16. The van der Waals surface area contributed by atoms with Gasteiger partial charge in [-0.15, -0.1) is 0 Å². The molecular formula is C13H16BrN5O3. The lowest BCUT2D eigenvalue weighted by molar-refractivity contribution is -0.137. The van der Waals surface area contributed by atoms with Gasteiger partial charge in [-0.25, -0.2) is 0 Å². The summed E-state index contributed by atoms with van der Waals surface area (Å²) in [6.45, 7) is 2.83. The van der Waals surface area contributed by atoms with E-state index in [2.05, 4.69) is 31.4 Å². The van der Waals surface area contributed by atoms with Gasteiger partial charge in [-0.1, -0.05) is 0 Å². The Kier molecular flexibility index (Phi) is 5.31. The van der Waals surface area contributed by atoms with Crippen LogP contribution in [-0.4, -0.2) is 43.1 Å². The summed E-state index contributed by atoms with van der Waals surface area (Å²) in [5.41, 5.74) is 1.13. The van der Waals surface area contributed by atoms with Crippen LogP contribution in [0, 0.1) is 6.92 Å². The fraction of sp³-hybridized carbons (Fsp3) is 0.385. The molecule has 8 nitrogen and oxygen atoms in total. The van der Waals surface area contributed by atoms with E-state index < -0.39 is 5.97 Å². The number of aromatic nitrogens is 4. The third-order valence-electron chi connectivity index (χ3n) is 2.91. The van der Waals surface area contributed by atoms with E-state index in [0.717, 1.165) is 16.6 Å². The van der Waals surface area contributed by atoms with Crippen LogP contribution in [0.3, 0.4) is 0 Å². The highest BCUT2D eigenvalue weighted by atomic mass is 79.9. The van der Waals surface area contributed by atoms with Gasteiger partial charge in [0, 0.05) is 25.5 Å². The quantitative estimate of drug-likeness (QED) is 0.710. The minimum absolute atomic E-state index is 0.207. The minimum Gasteiger partial charge on any atom is -0.480 e. The molecule has 2 N–H and O–H groups in total. The molecule has 0 radical (unpaired) electrons. The molecule has 0 aliphatic rings. The number of nitrogens with zero attached hydrogens (tertiary/aromatic N) is 4. The number of hydrogen-bond donors (Lipinski definition) is 2. The van der Waals surface area contributed by atoms with Crippen LogP contribution in [0.25, 0.3) is 0 Å².